The first-order valence-corrected chi connectivity index (χ1v) is 14.4. The van der Waals surface area contributed by atoms with E-state index in [-0.39, 0.29) is 30.6 Å². The van der Waals surface area contributed by atoms with Gasteiger partial charge in [-0.05, 0) is 66.5 Å². The molecule has 2 aliphatic heterocycles. The topological polar surface area (TPSA) is 53.6 Å². The number of rotatable bonds is 10. The number of piperazine rings is 1. The van der Waals surface area contributed by atoms with E-state index in [2.05, 4.69) is 39.8 Å². The fourth-order valence-corrected chi connectivity index (χ4v) is 5.89. The molecule has 214 valence electrons. The number of amides is 1. The lowest BCUT2D eigenvalue weighted by molar-refractivity contribution is -0.128. The van der Waals surface area contributed by atoms with Crippen molar-refractivity contribution in [3.63, 3.8) is 0 Å². The number of ether oxygens (including phenoxy) is 1. The quantitative estimate of drug-likeness (QED) is 0.257. The van der Waals surface area contributed by atoms with E-state index < -0.39 is 23.2 Å². The standard InChI is InChI=1S/C33H34F3N3O2/c34-27-14-15-28(35)32(31(27)36)41-16-4-7-21-8-10-23(11-9-21)26-17-24-18-37-19-29(38-24)30(26)33(40)39(25-12-13-25)20-22-5-2-1-3-6-22/h1-3,5-6,8-11,14-15,24-25,29,37-38H,4,7,12-13,16-20H2/t24-,29-/m1/s1. The summed E-state index contributed by atoms with van der Waals surface area (Å²) in [5.41, 5.74) is 5.19. The maximum atomic E-state index is 14.2. The molecule has 3 aromatic carbocycles. The summed E-state index contributed by atoms with van der Waals surface area (Å²) < 4.78 is 46.3. The molecule has 1 amide bonds. The van der Waals surface area contributed by atoms with E-state index in [1.54, 1.807) is 0 Å². The second-order valence-electron chi connectivity index (χ2n) is 11.1. The number of nitrogens with zero attached hydrogens (tertiary/aromatic N) is 1. The van der Waals surface area contributed by atoms with Crippen molar-refractivity contribution in [2.75, 3.05) is 19.7 Å². The zero-order chi connectivity index (χ0) is 28.3. The second kappa shape index (κ2) is 12.1. The highest BCUT2D eigenvalue weighted by Gasteiger charge is 2.40. The molecule has 1 aliphatic carbocycles. The molecule has 0 radical (unpaired) electrons. The van der Waals surface area contributed by atoms with Crippen molar-refractivity contribution in [2.45, 2.75) is 56.8 Å². The van der Waals surface area contributed by atoms with Crippen molar-refractivity contribution in [3.05, 3.63) is 106 Å². The summed E-state index contributed by atoms with van der Waals surface area (Å²) in [6.07, 6.45) is 3.99. The first-order valence-electron chi connectivity index (χ1n) is 14.4. The molecule has 2 heterocycles. The van der Waals surface area contributed by atoms with Crippen LogP contribution in [0.1, 0.15) is 42.4 Å². The molecule has 2 fully saturated rings. The number of hydrogen-bond acceptors (Lipinski definition) is 4. The van der Waals surface area contributed by atoms with E-state index >= 15 is 0 Å². The molecule has 1 saturated carbocycles. The Hall–Kier alpha value is -3.62. The molecule has 0 spiro atoms. The third-order valence-corrected chi connectivity index (χ3v) is 8.14. The van der Waals surface area contributed by atoms with Crippen LogP contribution in [0.4, 0.5) is 13.2 Å². The van der Waals surface area contributed by atoms with Crippen LogP contribution in [0.15, 0.2) is 72.3 Å². The highest BCUT2D eigenvalue weighted by Crippen LogP contribution is 2.36. The highest BCUT2D eigenvalue weighted by atomic mass is 19.2. The number of aryl methyl sites for hydroxylation is 1. The first kappa shape index (κ1) is 27.5. The van der Waals surface area contributed by atoms with Gasteiger partial charge in [-0.3, -0.25) is 4.79 Å². The van der Waals surface area contributed by atoms with Gasteiger partial charge in [0.05, 0.1) is 12.6 Å². The lowest BCUT2D eigenvalue weighted by Crippen LogP contribution is -2.59. The van der Waals surface area contributed by atoms with E-state index in [0.717, 1.165) is 72.3 Å². The van der Waals surface area contributed by atoms with Crippen LogP contribution in [0.5, 0.6) is 5.75 Å². The summed E-state index contributed by atoms with van der Waals surface area (Å²) >= 11 is 0. The zero-order valence-electron chi connectivity index (χ0n) is 22.8. The van der Waals surface area contributed by atoms with Crippen molar-refractivity contribution >= 4 is 11.5 Å². The van der Waals surface area contributed by atoms with Gasteiger partial charge in [-0.25, -0.2) is 8.78 Å². The van der Waals surface area contributed by atoms with Crippen LogP contribution in [-0.2, 0) is 17.8 Å². The Kier molecular flexibility index (Phi) is 8.12. The average Bonchev–Trinajstić information content (AvgIpc) is 3.83. The third kappa shape index (κ3) is 6.19. The van der Waals surface area contributed by atoms with E-state index in [4.69, 9.17) is 4.74 Å². The molecule has 0 aromatic heterocycles. The highest BCUT2D eigenvalue weighted by molar-refractivity contribution is 6.03. The van der Waals surface area contributed by atoms with Crippen molar-refractivity contribution < 1.29 is 22.7 Å². The largest absolute Gasteiger partial charge is 0.488 e. The molecule has 2 N–H and O–H groups in total. The molecular weight excluding hydrogens is 527 g/mol. The Morgan fingerprint density at radius 1 is 0.902 bits per heavy atom. The van der Waals surface area contributed by atoms with Gasteiger partial charge in [0.1, 0.15) is 0 Å². The Labute approximate surface area is 238 Å². The van der Waals surface area contributed by atoms with Crippen LogP contribution in [-0.4, -0.2) is 48.6 Å². The smallest absolute Gasteiger partial charge is 0.252 e. The molecule has 3 aromatic rings. The first-order chi connectivity index (χ1) is 20.0. The van der Waals surface area contributed by atoms with Crippen LogP contribution in [0.2, 0.25) is 0 Å². The van der Waals surface area contributed by atoms with Gasteiger partial charge in [0.25, 0.3) is 5.91 Å². The lowest BCUT2D eigenvalue weighted by atomic mass is 9.83. The maximum absolute atomic E-state index is 14.2. The van der Waals surface area contributed by atoms with E-state index in [1.807, 2.05) is 30.3 Å². The van der Waals surface area contributed by atoms with Gasteiger partial charge < -0.3 is 20.3 Å². The minimum Gasteiger partial charge on any atom is -0.488 e. The second-order valence-corrected chi connectivity index (χ2v) is 11.1. The normalized spacial score (nSPS) is 20.2. The van der Waals surface area contributed by atoms with E-state index in [1.165, 1.54) is 0 Å². The Balaban J connectivity index is 1.18. The van der Waals surface area contributed by atoms with Crippen LogP contribution in [0.25, 0.3) is 5.57 Å². The summed E-state index contributed by atoms with van der Waals surface area (Å²) in [7, 11) is 0. The minimum absolute atomic E-state index is 0.0394. The number of carbonyl (C=O) groups excluding carboxylic acids is 1. The Bertz CT molecular complexity index is 1420. The van der Waals surface area contributed by atoms with E-state index in [9.17, 15) is 18.0 Å². The van der Waals surface area contributed by atoms with Crippen LogP contribution in [0, 0.1) is 17.5 Å². The van der Waals surface area contributed by atoms with E-state index in [0.29, 0.717) is 19.4 Å². The molecule has 2 atom stereocenters. The Morgan fingerprint density at radius 3 is 2.41 bits per heavy atom. The summed E-state index contributed by atoms with van der Waals surface area (Å²) in [4.78, 5) is 16.3. The van der Waals surface area contributed by atoms with Crippen molar-refractivity contribution in [2.24, 2.45) is 0 Å². The summed E-state index contributed by atoms with van der Waals surface area (Å²) in [5.74, 6) is -3.92. The van der Waals surface area contributed by atoms with Crippen LogP contribution >= 0.6 is 0 Å². The van der Waals surface area contributed by atoms with Gasteiger partial charge in [0.15, 0.2) is 17.4 Å². The van der Waals surface area contributed by atoms with Gasteiger partial charge in [-0.2, -0.15) is 4.39 Å². The summed E-state index contributed by atoms with van der Waals surface area (Å²) in [6, 6.07) is 20.5. The molecule has 0 unspecified atom stereocenters. The van der Waals surface area contributed by atoms with Gasteiger partial charge in [-0.15, -0.1) is 0 Å². The minimum atomic E-state index is -1.31. The van der Waals surface area contributed by atoms with Gasteiger partial charge in [0.2, 0.25) is 5.82 Å². The lowest BCUT2D eigenvalue weighted by Gasteiger charge is -2.41. The summed E-state index contributed by atoms with van der Waals surface area (Å²) in [6.45, 7) is 2.25. The van der Waals surface area contributed by atoms with Gasteiger partial charge >= 0.3 is 0 Å². The molecule has 8 heteroatoms. The van der Waals surface area contributed by atoms with Gasteiger partial charge in [0, 0.05) is 37.3 Å². The molecular formula is C33H34F3N3O2. The van der Waals surface area contributed by atoms with Crippen molar-refractivity contribution in [3.8, 4) is 5.75 Å². The SMILES string of the molecule is O=C(C1=C(c2ccc(CCCOc3c(F)ccc(F)c3F)cc2)C[C@@H]2CNC[C@H]1N2)N(Cc1ccccc1)C1CC1. The van der Waals surface area contributed by atoms with Crippen LogP contribution < -0.4 is 15.4 Å². The molecule has 6 rings (SSSR count). The zero-order valence-corrected chi connectivity index (χ0v) is 22.8. The Morgan fingerprint density at radius 2 is 1.66 bits per heavy atom. The number of benzene rings is 3. The monoisotopic (exact) mass is 561 g/mol. The average molecular weight is 562 g/mol. The fourth-order valence-electron chi connectivity index (χ4n) is 5.89. The predicted molar refractivity (Wildman–Crippen MR) is 152 cm³/mol. The van der Waals surface area contributed by atoms with Gasteiger partial charge in [-0.1, -0.05) is 54.6 Å². The van der Waals surface area contributed by atoms with Crippen molar-refractivity contribution in [1.82, 2.24) is 15.5 Å². The maximum Gasteiger partial charge on any atom is 0.252 e. The number of hydrogen-bond donors (Lipinski definition) is 2. The molecule has 3 aliphatic rings. The predicted octanol–water partition coefficient (Wildman–Crippen LogP) is 5.39. The number of fused-ring (bicyclic) bond motifs is 2. The molecule has 1 saturated heterocycles. The molecule has 5 nitrogen and oxygen atoms in total. The summed E-state index contributed by atoms with van der Waals surface area (Å²) in [5, 5.41) is 7.16. The molecule has 41 heavy (non-hydrogen) atoms. The fraction of sp³-hybridized carbons (Fsp3) is 0.364. The molecule has 2 bridgehead atoms. The number of nitrogens with one attached hydrogen (secondary N) is 2. The van der Waals surface area contributed by atoms with Crippen LogP contribution in [0.3, 0.4) is 0 Å². The third-order valence-electron chi connectivity index (χ3n) is 8.14. The number of carbonyl (C=O) groups is 1. The van der Waals surface area contributed by atoms with Crippen molar-refractivity contribution in [1.29, 1.82) is 0 Å². The number of halogens is 3.